The van der Waals surface area contributed by atoms with Crippen LogP contribution in [0.5, 0.6) is 0 Å². The second kappa shape index (κ2) is 5.53. The average Bonchev–Trinajstić information content (AvgIpc) is 2.21. The van der Waals surface area contributed by atoms with Crippen LogP contribution in [0.4, 0.5) is 0 Å². The molecule has 0 aliphatic rings. The molecule has 2 atom stereocenters. The van der Waals surface area contributed by atoms with Gasteiger partial charge in [-0.05, 0) is 24.5 Å². The number of carbonyl (C=O) groups is 1. The lowest BCUT2D eigenvalue weighted by atomic mass is 9.88. The molecule has 0 radical (unpaired) electrons. The fourth-order valence-electron chi connectivity index (χ4n) is 1.70. The number of aldehydes is 1. The fraction of sp³-hybridized carbons (Fsp3) is 0.500. The van der Waals surface area contributed by atoms with E-state index >= 15 is 0 Å². The van der Waals surface area contributed by atoms with Crippen LogP contribution in [0.3, 0.4) is 0 Å². The van der Waals surface area contributed by atoms with Crippen LogP contribution in [0, 0.1) is 5.92 Å². The maximum atomic E-state index is 11.0. The Morgan fingerprint density at radius 3 is 2.79 bits per heavy atom. The van der Waals surface area contributed by atoms with Crippen molar-refractivity contribution in [2.24, 2.45) is 5.92 Å². The minimum absolute atomic E-state index is 0.0452. The number of aromatic nitrogens is 1. The van der Waals surface area contributed by atoms with Gasteiger partial charge in [-0.2, -0.15) is 0 Å². The SMILES string of the molecule is CCCC(C)C(C=O)c1ccccn1. The number of carbonyl (C=O) groups excluding carboxylic acids is 1. The molecule has 0 aromatic carbocycles. The summed E-state index contributed by atoms with van der Waals surface area (Å²) in [5.74, 6) is 0.337. The van der Waals surface area contributed by atoms with Gasteiger partial charge >= 0.3 is 0 Å². The van der Waals surface area contributed by atoms with Gasteiger partial charge in [0.2, 0.25) is 0 Å². The Labute approximate surface area is 85.4 Å². The Morgan fingerprint density at radius 1 is 1.50 bits per heavy atom. The predicted octanol–water partition coefficient (Wildman–Crippen LogP) is 2.80. The first-order valence-electron chi connectivity index (χ1n) is 5.15. The molecule has 2 nitrogen and oxygen atoms in total. The summed E-state index contributed by atoms with van der Waals surface area (Å²) in [4.78, 5) is 15.2. The van der Waals surface area contributed by atoms with Crippen molar-refractivity contribution < 1.29 is 4.79 Å². The van der Waals surface area contributed by atoms with Crippen LogP contribution in [-0.4, -0.2) is 11.3 Å². The molecule has 14 heavy (non-hydrogen) atoms. The first-order chi connectivity index (χ1) is 6.79. The Kier molecular flexibility index (Phi) is 4.30. The zero-order valence-electron chi connectivity index (χ0n) is 8.81. The van der Waals surface area contributed by atoms with Gasteiger partial charge in [-0.15, -0.1) is 0 Å². The van der Waals surface area contributed by atoms with Gasteiger partial charge in [-0.1, -0.05) is 26.3 Å². The van der Waals surface area contributed by atoms with Gasteiger partial charge in [-0.3, -0.25) is 4.98 Å². The Morgan fingerprint density at radius 2 is 2.29 bits per heavy atom. The van der Waals surface area contributed by atoms with E-state index in [4.69, 9.17) is 0 Å². The maximum Gasteiger partial charge on any atom is 0.129 e. The van der Waals surface area contributed by atoms with Gasteiger partial charge in [0.05, 0.1) is 11.6 Å². The molecule has 2 heteroatoms. The molecule has 76 valence electrons. The van der Waals surface area contributed by atoms with Crippen LogP contribution in [-0.2, 0) is 4.79 Å². The second-order valence-electron chi connectivity index (χ2n) is 3.68. The molecular formula is C12H17NO. The molecule has 1 heterocycles. The molecule has 0 N–H and O–H groups in total. The zero-order chi connectivity index (χ0) is 10.4. The third-order valence-electron chi connectivity index (χ3n) is 2.53. The fourth-order valence-corrected chi connectivity index (χ4v) is 1.70. The highest BCUT2D eigenvalue weighted by molar-refractivity contribution is 5.61. The van der Waals surface area contributed by atoms with E-state index in [1.807, 2.05) is 18.2 Å². The van der Waals surface area contributed by atoms with Crippen molar-refractivity contribution >= 4 is 6.29 Å². The normalized spacial score (nSPS) is 14.7. The lowest BCUT2D eigenvalue weighted by molar-refractivity contribution is -0.110. The van der Waals surface area contributed by atoms with E-state index in [2.05, 4.69) is 18.8 Å². The minimum atomic E-state index is -0.0452. The van der Waals surface area contributed by atoms with Crippen LogP contribution in [0.15, 0.2) is 24.4 Å². The number of hydrogen-bond acceptors (Lipinski definition) is 2. The summed E-state index contributed by atoms with van der Waals surface area (Å²) in [6.07, 6.45) is 4.94. The molecule has 0 amide bonds. The topological polar surface area (TPSA) is 30.0 Å². The molecule has 0 spiro atoms. The number of rotatable bonds is 5. The van der Waals surface area contributed by atoms with Gasteiger partial charge < -0.3 is 4.79 Å². The molecule has 1 aromatic rings. The van der Waals surface area contributed by atoms with Gasteiger partial charge in [0, 0.05) is 6.20 Å². The maximum absolute atomic E-state index is 11.0. The zero-order valence-corrected chi connectivity index (χ0v) is 8.81. The highest BCUT2D eigenvalue weighted by Gasteiger charge is 2.18. The third kappa shape index (κ3) is 2.66. The number of nitrogens with zero attached hydrogens (tertiary/aromatic N) is 1. The third-order valence-corrected chi connectivity index (χ3v) is 2.53. The van der Waals surface area contributed by atoms with E-state index in [9.17, 15) is 4.79 Å². The van der Waals surface area contributed by atoms with E-state index in [1.165, 1.54) is 0 Å². The molecule has 0 aliphatic carbocycles. The lowest BCUT2D eigenvalue weighted by Crippen LogP contribution is -2.12. The first-order valence-corrected chi connectivity index (χ1v) is 5.15. The number of hydrogen-bond donors (Lipinski definition) is 0. The summed E-state index contributed by atoms with van der Waals surface area (Å²) >= 11 is 0. The summed E-state index contributed by atoms with van der Waals surface area (Å²) < 4.78 is 0. The summed E-state index contributed by atoms with van der Waals surface area (Å²) in [5, 5.41) is 0. The van der Waals surface area contributed by atoms with E-state index in [0.717, 1.165) is 24.8 Å². The average molecular weight is 191 g/mol. The van der Waals surface area contributed by atoms with Crippen molar-refractivity contribution in [3.63, 3.8) is 0 Å². The number of pyridine rings is 1. The van der Waals surface area contributed by atoms with E-state index in [1.54, 1.807) is 6.20 Å². The smallest absolute Gasteiger partial charge is 0.129 e. The van der Waals surface area contributed by atoms with Crippen LogP contribution in [0.25, 0.3) is 0 Å². The Hall–Kier alpha value is -1.18. The summed E-state index contributed by atoms with van der Waals surface area (Å²) in [5.41, 5.74) is 0.892. The molecule has 2 unspecified atom stereocenters. The molecule has 0 aliphatic heterocycles. The van der Waals surface area contributed by atoms with Crippen molar-refractivity contribution in [3.8, 4) is 0 Å². The van der Waals surface area contributed by atoms with Crippen LogP contribution in [0.1, 0.15) is 38.3 Å². The highest BCUT2D eigenvalue weighted by atomic mass is 16.1. The monoisotopic (exact) mass is 191 g/mol. The van der Waals surface area contributed by atoms with Crippen molar-refractivity contribution in [1.82, 2.24) is 4.98 Å². The molecule has 0 fully saturated rings. The van der Waals surface area contributed by atoms with E-state index in [-0.39, 0.29) is 5.92 Å². The first kappa shape index (κ1) is 10.9. The second-order valence-corrected chi connectivity index (χ2v) is 3.68. The van der Waals surface area contributed by atoms with Crippen LogP contribution in [0.2, 0.25) is 0 Å². The quantitative estimate of drug-likeness (QED) is 0.670. The van der Waals surface area contributed by atoms with Crippen LogP contribution < -0.4 is 0 Å². The van der Waals surface area contributed by atoms with Crippen LogP contribution >= 0.6 is 0 Å². The predicted molar refractivity (Wildman–Crippen MR) is 57.1 cm³/mol. The standard InChI is InChI=1S/C12H17NO/c1-3-6-10(2)11(9-14)12-7-4-5-8-13-12/h4-5,7-11H,3,6H2,1-2H3. The molecule has 0 saturated carbocycles. The molecular weight excluding hydrogens is 174 g/mol. The lowest BCUT2D eigenvalue weighted by Gasteiger charge is -2.17. The van der Waals surface area contributed by atoms with E-state index < -0.39 is 0 Å². The molecule has 1 aromatic heterocycles. The van der Waals surface area contributed by atoms with Gasteiger partial charge in [0.15, 0.2) is 0 Å². The molecule has 0 bridgehead atoms. The Balaban J connectivity index is 2.76. The van der Waals surface area contributed by atoms with Gasteiger partial charge in [-0.25, -0.2) is 0 Å². The van der Waals surface area contributed by atoms with Gasteiger partial charge in [0.1, 0.15) is 6.29 Å². The van der Waals surface area contributed by atoms with Crippen molar-refractivity contribution in [2.75, 3.05) is 0 Å². The summed E-state index contributed by atoms with van der Waals surface area (Å²) in [6, 6.07) is 5.72. The Bertz CT molecular complexity index is 271. The molecule has 0 saturated heterocycles. The van der Waals surface area contributed by atoms with Crippen molar-refractivity contribution in [1.29, 1.82) is 0 Å². The molecule has 1 rings (SSSR count). The minimum Gasteiger partial charge on any atom is -0.303 e. The highest BCUT2D eigenvalue weighted by Crippen LogP contribution is 2.24. The van der Waals surface area contributed by atoms with Crippen molar-refractivity contribution in [3.05, 3.63) is 30.1 Å². The largest absolute Gasteiger partial charge is 0.303 e. The summed E-state index contributed by atoms with van der Waals surface area (Å²) in [7, 11) is 0. The summed E-state index contributed by atoms with van der Waals surface area (Å²) in [6.45, 7) is 4.24. The van der Waals surface area contributed by atoms with Gasteiger partial charge in [0.25, 0.3) is 0 Å². The van der Waals surface area contributed by atoms with Crippen molar-refractivity contribution in [2.45, 2.75) is 32.6 Å². The van der Waals surface area contributed by atoms with E-state index in [0.29, 0.717) is 5.92 Å².